The molecule has 0 radical (unpaired) electrons. The number of ether oxygens (including phenoxy) is 2. The minimum Gasteiger partial charge on any atom is -0.493 e. The molecule has 1 N–H and O–H groups in total. The Bertz CT molecular complexity index is 1680. The zero-order valence-electron chi connectivity index (χ0n) is 28.2. The number of nitrogens with zero attached hydrogens (tertiary/aromatic N) is 8. The van der Waals surface area contributed by atoms with Crippen LogP contribution in [0.25, 0.3) is 0 Å². The normalized spacial score (nSPS) is 22.2. The summed E-state index contributed by atoms with van der Waals surface area (Å²) in [5.74, 6) is 0.634. The topological polar surface area (TPSA) is 94.7 Å². The lowest BCUT2D eigenvalue weighted by Gasteiger charge is -2.37. The maximum atomic E-state index is 14.9. The largest absolute Gasteiger partial charge is 0.493 e. The first-order valence-corrected chi connectivity index (χ1v) is 17.2. The van der Waals surface area contributed by atoms with Gasteiger partial charge in [-0.25, -0.2) is 14.1 Å². The molecule has 4 aromatic rings. The quantitative estimate of drug-likeness (QED) is 0.226. The van der Waals surface area contributed by atoms with Gasteiger partial charge in [0.05, 0.1) is 31.9 Å². The molecule has 7 rings (SSSR count). The van der Waals surface area contributed by atoms with Gasteiger partial charge in [0, 0.05) is 54.7 Å². The molecule has 0 unspecified atom stereocenters. The summed E-state index contributed by atoms with van der Waals surface area (Å²) in [5, 5.41) is 20.8. The van der Waals surface area contributed by atoms with Gasteiger partial charge in [-0.05, 0) is 74.4 Å². The second kappa shape index (κ2) is 14.4. The molecule has 4 heterocycles. The molecule has 49 heavy (non-hydrogen) atoms. The fourth-order valence-electron chi connectivity index (χ4n) is 7.30. The predicted octanol–water partition coefficient (Wildman–Crippen LogP) is 4.94. The number of benzene rings is 3. The Labute approximate surface area is 287 Å². The van der Waals surface area contributed by atoms with Crippen LogP contribution >= 0.6 is 0 Å². The number of hydrazone groups is 1. The molecule has 12 heteroatoms. The molecule has 2 fully saturated rings. The first-order chi connectivity index (χ1) is 23.9. The van der Waals surface area contributed by atoms with E-state index in [1.54, 1.807) is 23.1 Å². The molecule has 0 spiro atoms. The van der Waals surface area contributed by atoms with Crippen molar-refractivity contribution in [2.45, 2.75) is 51.0 Å². The first kappa shape index (κ1) is 32.8. The Kier molecular flexibility index (Phi) is 9.67. The summed E-state index contributed by atoms with van der Waals surface area (Å²) in [6, 6.07) is 23.8. The van der Waals surface area contributed by atoms with Gasteiger partial charge in [-0.3, -0.25) is 5.01 Å². The van der Waals surface area contributed by atoms with Crippen LogP contribution in [0.15, 0.2) is 90.6 Å². The van der Waals surface area contributed by atoms with Crippen molar-refractivity contribution in [2.24, 2.45) is 11.0 Å². The van der Waals surface area contributed by atoms with Crippen LogP contribution in [0.4, 0.5) is 21.5 Å². The van der Waals surface area contributed by atoms with Crippen LogP contribution in [-0.4, -0.2) is 89.4 Å². The predicted molar refractivity (Wildman–Crippen MR) is 188 cm³/mol. The molecule has 2 saturated heterocycles. The smallest absolute Gasteiger partial charge is 0.137 e. The van der Waals surface area contributed by atoms with E-state index in [0.717, 1.165) is 44.0 Å². The molecule has 11 nitrogen and oxygen atoms in total. The van der Waals surface area contributed by atoms with E-state index in [2.05, 4.69) is 73.2 Å². The Morgan fingerprint density at radius 1 is 0.959 bits per heavy atom. The summed E-state index contributed by atoms with van der Waals surface area (Å²) in [7, 11) is 0. The highest BCUT2D eigenvalue weighted by Gasteiger charge is 2.44. The average molecular weight is 669 g/mol. The van der Waals surface area contributed by atoms with Crippen LogP contribution in [0.2, 0.25) is 0 Å². The molecule has 3 aliphatic rings. The SMILES string of the molecule is CC[C@@H]([C@H](C)O)N1CN(c2ccc(N3CCN(c4ccc(OC[C@@H]5CO[C@@](Cn6cncn6)(c6ccccc6F)C5)cc4)CC3)cc2)C=N1. The maximum absolute atomic E-state index is 14.9. The summed E-state index contributed by atoms with van der Waals surface area (Å²) in [5.41, 5.74) is 3.19. The van der Waals surface area contributed by atoms with Crippen LogP contribution in [0, 0.1) is 11.7 Å². The number of anilines is 3. The summed E-state index contributed by atoms with van der Waals surface area (Å²) in [4.78, 5) is 11.0. The van der Waals surface area contributed by atoms with Crippen molar-refractivity contribution in [3.8, 4) is 5.75 Å². The molecule has 258 valence electrons. The van der Waals surface area contributed by atoms with Crippen molar-refractivity contribution in [3.63, 3.8) is 0 Å². The molecule has 3 aromatic carbocycles. The Morgan fingerprint density at radius 3 is 2.27 bits per heavy atom. The van der Waals surface area contributed by atoms with Gasteiger partial charge >= 0.3 is 0 Å². The van der Waals surface area contributed by atoms with Gasteiger partial charge < -0.3 is 29.3 Å². The molecule has 4 atom stereocenters. The zero-order valence-corrected chi connectivity index (χ0v) is 28.2. The highest BCUT2D eigenvalue weighted by Crippen LogP contribution is 2.42. The van der Waals surface area contributed by atoms with E-state index in [0.29, 0.717) is 38.4 Å². The number of piperazine rings is 1. The summed E-state index contributed by atoms with van der Waals surface area (Å²) in [6.45, 7) is 9.60. The standard InChI is InChI=1S/C37H45FN8O3/c1-3-36(28(2)47)46-27-44(26-41-46)32-10-8-30(9-11-32)42-16-18-43(19-17-42)31-12-14-33(15-13-31)48-21-29-20-37(49-22-29,23-45-25-39-24-40-45)34-6-4-5-7-35(34)38/h4-15,24-26,28-29,36,47H,3,16-23,27H2,1-2H3/t28-,29+,36-,37-/m0/s1. The minimum absolute atomic E-state index is 0.0131. The number of aliphatic hydroxyl groups is 1. The van der Waals surface area contributed by atoms with Gasteiger partial charge in [-0.2, -0.15) is 10.2 Å². The minimum atomic E-state index is -0.830. The van der Waals surface area contributed by atoms with Gasteiger partial charge in [0.25, 0.3) is 0 Å². The Balaban J connectivity index is 0.894. The van der Waals surface area contributed by atoms with E-state index < -0.39 is 11.7 Å². The van der Waals surface area contributed by atoms with Crippen LogP contribution < -0.4 is 19.4 Å². The Morgan fingerprint density at radius 2 is 1.63 bits per heavy atom. The van der Waals surface area contributed by atoms with E-state index in [-0.39, 0.29) is 17.8 Å². The lowest BCUT2D eigenvalue weighted by molar-refractivity contribution is -0.0206. The van der Waals surface area contributed by atoms with Crippen molar-refractivity contribution in [3.05, 3.63) is 96.8 Å². The van der Waals surface area contributed by atoms with E-state index in [4.69, 9.17) is 9.47 Å². The molecule has 0 saturated carbocycles. The highest BCUT2D eigenvalue weighted by molar-refractivity contribution is 5.80. The fraction of sp³-hybridized carbons (Fsp3) is 0.432. The highest BCUT2D eigenvalue weighted by atomic mass is 19.1. The van der Waals surface area contributed by atoms with Crippen LogP contribution in [0.1, 0.15) is 32.3 Å². The number of halogens is 1. The fourth-order valence-corrected chi connectivity index (χ4v) is 7.30. The Hall–Kier alpha value is -4.68. The molecule has 0 aliphatic carbocycles. The molecule has 0 bridgehead atoms. The number of hydrogen-bond acceptors (Lipinski definition) is 10. The number of aromatic nitrogens is 3. The average Bonchev–Trinajstić information content (AvgIpc) is 3.91. The zero-order chi connectivity index (χ0) is 33.8. The van der Waals surface area contributed by atoms with Gasteiger partial charge in [-0.15, -0.1) is 0 Å². The third-order valence-electron chi connectivity index (χ3n) is 9.97. The molecule has 0 amide bonds. The summed E-state index contributed by atoms with van der Waals surface area (Å²) >= 11 is 0. The van der Waals surface area contributed by atoms with Gasteiger partial charge in [0.2, 0.25) is 0 Å². The van der Waals surface area contributed by atoms with E-state index >= 15 is 0 Å². The first-order valence-electron chi connectivity index (χ1n) is 17.2. The lowest BCUT2D eigenvalue weighted by Crippen LogP contribution is -2.46. The van der Waals surface area contributed by atoms with Gasteiger partial charge in [0.15, 0.2) is 0 Å². The number of rotatable bonds is 12. The van der Waals surface area contributed by atoms with E-state index in [9.17, 15) is 9.50 Å². The monoisotopic (exact) mass is 668 g/mol. The van der Waals surface area contributed by atoms with Crippen molar-refractivity contribution < 1.29 is 19.0 Å². The summed E-state index contributed by atoms with van der Waals surface area (Å²) in [6.07, 6.45) is 5.99. The van der Waals surface area contributed by atoms with Gasteiger partial charge in [-0.1, -0.05) is 25.1 Å². The lowest BCUT2D eigenvalue weighted by atomic mass is 9.87. The summed E-state index contributed by atoms with van der Waals surface area (Å²) < 4.78 is 29.2. The third kappa shape index (κ3) is 7.20. The van der Waals surface area contributed by atoms with Crippen LogP contribution in [-0.2, 0) is 16.9 Å². The van der Waals surface area contributed by atoms with Crippen LogP contribution in [0.5, 0.6) is 5.75 Å². The second-order valence-corrected chi connectivity index (χ2v) is 13.2. The van der Waals surface area contributed by atoms with Crippen molar-refractivity contribution in [2.75, 3.05) is 60.8 Å². The van der Waals surface area contributed by atoms with E-state index in [1.165, 1.54) is 23.8 Å². The molecule has 1 aromatic heterocycles. The third-order valence-corrected chi connectivity index (χ3v) is 9.97. The number of aliphatic hydroxyl groups excluding tert-OH is 1. The van der Waals surface area contributed by atoms with E-state index in [1.807, 2.05) is 36.5 Å². The number of hydrogen-bond donors (Lipinski definition) is 1. The molecular weight excluding hydrogens is 623 g/mol. The van der Waals surface area contributed by atoms with Crippen molar-refractivity contribution in [1.82, 2.24) is 19.8 Å². The van der Waals surface area contributed by atoms with Crippen molar-refractivity contribution in [1.29, 1.82) is 0 Å². The van der Waals surface area contributed by atoms with Crippen molar-refractivity contribution >= 4 is 23.4 Å². The van der Waals surface area contributed by atoms with Gasteiger partial charge in [0.1, 0.15) is 42.8 Å². The molecular formula is C37H45FN8O3. The molecule has 3 aliphatic heterocycles. The maximum Gasteiger partial charge on any atom is 0.137 e. The van der Waals surface area contributed by atoms with Crippen LogP contribution in [0.3, 0.4) is 0 Å². The second-order valence-electron chi connectivity index (χ2n) is 13.2.